The SMILES string of the molecule is CC(C)CN(CCCc1ccccc1)CCC(=O)O. The summed E-state index contributed by atoms with van der Waals surface area (Å²) in [4.78, 5) is 12.9. The standard InChI is InChI=1S/C16H25NO2/c1-14(2)13-17(12-10-16(18)19)11-6-9-15-7-4-3-5-8-15/h3-5,7-8,14H,6,9-13H2,1-2H3,(H,18,19). The molecule has 0 radical (unpaired) electrons. The Morgan fingerprint density at radius 1 is 1.21 bits per heavy atom. The van der Waals surface area contributed by atoms with Crippen LogP contribution in [0.2, 0.25) is 0 Å². The van der Waals surface area contributed by atoms with E-state index in [0.717, 1.165) is 25.9 Å². The van der Waals surface area contributed by atoms with Crippen LogP contribution >= 0.6 is 0 Å². The first-order valence-electron chi connectivity index (χ1n) is 7.06. The molecule has 1 aromatic rings. The molecule has 106 valence electrons. The molecule has 0 fully saturated rings. The maximum absolute atomic E-state index is 10.7. The first-order valence-corrected chi connectivity index (χ1v) is 7.06. The van der Waals surface area contributed by atoms with Gasteiger partial charge in [-0.3, -0.25) is 4.79 Å². The first-order chi connectivity index (χ1) is 9.08. The van der Waals surface area contributed by atoms with E-state index in [-0.39, 0.29) is 6.42 Å². The molecule has 0 atom stereocenters. The lowest BCUT2D eigenvalue weighted by Gasteiger charge is -2.23. The van der Waals surface area contributed by atoms with Gasteiger partial charge in [-0.1, -0.05) is 44.2 Å². The summed E-state index contributed by atoms with van der Waals surface area (Å²) in [7, 11) is 0. The third kappa shape index (κ3) is 7.62. The van der Waals surface area contributed by atoms with Gasteiger partial charge in [-0.2, -0.15) is 0 Å². The second-order valence-electron chi connectivity index (χ2n) is 5.43. The average Bonchev–Trinajstić information content (AvgIpc) is 2.36. The van der Waals surface area contributed by atoms with Crippen molar-refractivity contribution >= 4 is 5.97 Å². The number of benzene rings is 1. The second kappa shape index (κ2) is 8.70. The van der Waals surface area contributed by atoms with Crippen molar-refractivity contribution in [3.63, 3.8) is 0 Å². The van der Waals surface area contributed by atoms with E-state index in [1.807, 2.05) is 6.07 Å². The number of hydrogen-bond donors (Lipinski definition) is 1. The fourth-order valence-electron chi connectivity index (χ4n) is 2.22. The molecule has 3 heteroatoms. The molecule has 0 bridgehead atoms. The van der Waals surface area contributed by atoms with E-state index in [4.69, 9.17) is 5.11 Å². The summed E-state index contributed by atoms with van der Waals surface area (Å²) in [5, 5.41) is 8.77. The molecule has 0 saturated carbocycles. The summed E-state index contributed by atoms with van der Waals surface area (Å²) in [6, 6.07) is 10.4. The largest absolute Gasteiger partial charge is 0.481 e. The number of aryl methyl sites for hydroxylation is 1. The van der Waals surface area contributed by atoms with Gasteiger partial charge in [0.25, 0.3) is 0 Å². The normalized spacial score (nSPS) is 11.2. The molecule has 0 aliphatic carbocycles. The van der Waals surface area contributed by atoms with Crippen LogP contribution in [-0.4, -0.2) is 35.6 Å². The summed E-state index contributed by atoms with van der Waals surface area (Å²) in [6.45, 7) is 6.95. The maximum atomic E-state index is 10.7. The molecule has 0 unspecified atom stereocenters. The molecule has 3 nitrogen and oxygen atoms in total. The third-order valence-corrected chi connectivity index (χ3v) is 3.05. The Morgan fingerprint density at radius 2 is 1.89 bits per heavy atom. The van der Waals surface area contributed by atoms with Gasteiger partial charge in [0.1, 0.15) is 0 Å². The monoisotopic (exact) mass is 263 g/mol. The Hall–Kier alpha value is -1.35. The minimum Gasteiger partial charge on any atom is -0.481 e. The predicted molar refractivity (Wildman–Crippen MR) is 78.3 cm³/mol. The fourth-order valence-corrected chi connectivity index (χ4v) is 2.22. The first kappa shape index (κ1) is 15.7. The zero-order chi connectivity index (χ0) is 14.1. The number of carboxylic acids is 1. The van der Waals surface area contributed by atoms with E-state index in [1.54, 1.807) is 0 Å². The highest BCUT2D eigenvalue weighted by Crippen LogP contribution is 2.06. The Labute approximate surface area is 116 Å². The highest BCUT2D eigenvalue weighted by atomic mass is 16.4. The van der Waals surface area contributed by atoms with Gasteiger partial charge >= 0.3 is 5.97 Å². The van der Waals surface area contributed by atoms with Gasteiger partial charge < -0.3 is 10.0 Å². The summed E-state index contributed by atoms with van der Waals surface area (Å²) < 4.78 is 0. The van der Waals surface area contributed by atoms with E-state index in [1.165, 1.54) is 5.56 Å². The molecule has 1 rings (SSSR count). The van der Waals surface area contributed by atoms with Crippen LogP contribution in [0.15, 0.2) is 30.3 Å². The van der Waals surface area contributed by atoms with E-state index in [2.05, 4.69) is 43.0 Å². The molecule has 0 aliphatic heterocycles. The molecule has 19 heavy (non-hydrogen) atoms. The molecule has 0 heterocycles. The van der Waals surface area contributed by atoms with Gasteiger partial charge in [0.05, 0.1) is 6.42 Å². The van der Waals surface area contributed by atoms with Crippen molar-refractivity contribution in [1.82, 2.24) is 4.90 Å². The van der Waals surface area contributed by atoms with Crippen molar-refractivity contribution in [3.05, 3.63) is 35.9 Å². The molecule has 0 aliphatic rings. The highest BCUT2D eigenvalue weighted by Gasteiger charge is 2.09. The molecule has 0 saturated heterocycles. The molecular formula is C16H25NO2. The van der Waals surface area contributed by atoms with Crippen LogP contribution in [0.25, 0.3) is 0 Å². The van der Waals surface area contributed by atoms with Gasteiger partial charge in [0.15, 0.2) is 0 Å². The number of hydrogen-bond acceptors (Lipinski definition) is 2. The highest BCUT2D eigenvalue weighted by molar-refractivity contribution is 5.66. The lowest BCUT2D eigenvalue weighted by atomic mass is 10.1. The molecule has 1 N–H and O–H groups in total. The summed E-state index contributed by atoms with van der Waals surface area (Å²) in [5.74, 6) is -0.137. The smallest absolute Gasteiger partial charge is 0.304 e. The minimum absolute atomic E-state index is 0.234. The van der Waals surface area contributed by atoms with Crippen molar-refractivity contribution in [2.75, 3.05) is 19.6 Å². The third-order valence-electron chi connectivity index (χ3n) is 3.05. The quantitative estimate of drug-likeness (QED) is 0.744. The van der Waals surface area contributed by atoms with E-state index in [0.29, 0.717) is 12.5 Å². The topological polar surface area (TPSA) is 40.5 Å². The van der Waals surface area contributed by atoms with Crippen LogP contribution in [-0.2, 0) is 11.2 Å². The van der Waals surface area contributed by atoms with Crippen LogP contribution in [0, 0.1) is 5.92 Å². The Bertz CT molecular complexity index is 362. The van der Waals surface area contributed by atoms with Crippen molar-refractivity contribution in [2.45, 2.75) is 33.1 Å². The van der Waals surface area contributed by atoms with Crippen LogP contribution in [0.1, 0.15) is 32.3 Å². The number of carboxylic acid groups (broad SMARTS) is 1. The van der Waals surface area contributed by atoms with Gasteiger partial charge in [-0.05, 0) is 30.9 Å². The maximum Gasteiger partial charge on any atom is 0.304 e. The van der Waals surface area contributed by atoms with Gasteiger partial charge in [-0.25, -0.2) is 0 Å². The molecule has 1 aromatic carbocycles. The summed E-state index contributed by atoms with van der Waals surface area (Å²) in [5.41, 5.74) is 1.35. The molecule has 0 spiro atoms. The average molecular weight is 263 g/mol. The number of rotatable bonds is 9. The lowest BCUT2D eigenvalue weighted by molar-refractivity contribution is -0.137. The van der Waals surface area contributed by atoms with Crippen LogP contribution in [0.5, 0.6) is 0 Å². The van der Waals surface area contributed by atoms with Gasteiger partial charge in [-0.15, -0.1) is 0 Å². The number of carbonyl (C=O) groups is 1. The van der Waals surface area contributed by atoms with Crippen LogP contribution in [0.4, 0.5) is 0 Å². The Morgan fingerprint density at radius 3 is 2.47 bits per heavy atom. The molecule has 0 amide bonds. The minimum atomic E-state index is -0.711. The van der Waals surface area contributed by atoms with Crippen molar-refractivity contribution in [3.8, 4) is 0 Å². The van der Waals surface area contributed by atoms with E-state index >= 15 is 0 Å². The Balaban J connectivity index is 2.33. The summed E-state index contributed by atoms with van der Waals surface area (Å²) in [6.07, 6.45) is 2.37. The Kier molecular flexibility index (Phi) is 7.19. The van der Waals surface area contributed by atoms with Crippen LogP contribution < -0.4 is 0 Å². The second-order valence-corrected chi connectivity index (χ2v) is 5.43. The van der Waals surface area contributed by atoms with Crippen molar-refractivity contribution in [2.24, 2.45) is 5.92 Å². The van der Waals surface area contributed by atoms with E-state index in [9.17, 15) is 4.79 Å². The number of nitrogens with zero attached hydrogens (tertiary/aromatic N) is 1. The summed E-state index contributed by atoms with van der Waals surface area (Å²) >= 11 is 0. The van der Waals surface area contributed by atoms with E-state index < -0.39 is 5.97 Å². The van der Waals surface area contributed by atoms with Gasteiger partial charge in [0, 0.05) is 13.1 Å². The van der Waals surface area contributed by atoms with Gasteiger partial charge in [0.2, 0.25) is 0 Å². The zero-order valence-corrected chi connectivity index (χ0v) is 12.0. The predicted octanol–water partition coefficient (Wildman–Crippen LogP) is 3.05. The molecule has 0 aromatic heterocycles. The fraction of sp³-hybridized carbons (Fsp3) is 0.562. The lowest BCUT2D eigenvalue weighted by Crippen LogP contribution is -2.31. The van der Waals surface area contributed by atoms with Crippen LogP contribution in [0.3, 0.4) is 0 Å². The van der Waals surface area contributed by atoms with Crippen molar-refractivity contribution in [1.29, 1.82) is 0 Å². The molecular weight excluding hydrogens is 238 g/mol. The number of aliphatic carboxylic acids is 1. The van der Waals surface area contributed by atoms with Crippen molar-refractivity contribution < 1.29 is 9.90 Å². The zero-order valence-electron chi connectivity index (χ0n) is 12.0.